The van der Waals surface area contributed by atoms with E-state index in [0.717, 1.165) is 16.7 Å². The molecule has 0 saturated carbocycles. The monoisotopic (exact) mass is 506 g/mol. The molecule has 2 atom stereocenters. The number of rotatable bonds is 8. The Labute approximate surface area is 214 Å². The maximum absolute atomic E-state index is 13.0. The van der Waals surface area contributed by atoms with E-state index in [1.807, 2.05) is 36.4 Å². The van der Waals surface area contributed by atoms with Crippen LogP contribution in [0.5, 0.6) is 0 Å². The first-order valence-corrected chi connectivity index (χ1v) is 12.3. The van der Waals surface area contributed by atoms with Crippen LogP contribution < -0.4 is 16.0 Å². The van der Waals surface area contributed by atoms with Crippen LogP contribution in [-0.2, 0) is 38.6 Å². The molecule has 1 fully saturated rings. The van der Waals surface area contributed by atoms with E-state index in [1.165, 1.54) is 4.90 Å². The number of nitrogens with zero attached hydrogens (tertiary/aromatic N) is 1. The summed E-state index contributed by atoms with van der Waals surface area (Å²) in [4.78, 5) is 63.3. The first kappa shape index (κ1) is 25.9. The number of hydrogen-bond acceptors (Lipinski definition) is 6. The summed E-state index contributed by atoms with van der Waals surface area (Å²) in [6.45, 7) is 3.89. The number of imide groups is 1. The van der Waals surface area contributed by atoms with Crippen molar-refractivity contribution in [2.24, 2.45) is 0 Å². The molecule has 194 valence electrons. The van der Waals surface area contributed by atoms with Crippen molar-refractivity contribution in [1.82, 2.24) is 20.9 Å². The zero-order valence-corrected chi connectivity index (χ0v) is 20.8. The van der Waals surface area contributed by atoms with Crippen molar-refractivity contribution in [2.75, 3.05) is 0 Å². The maximum atomic E-state index is 13.0. The number of fused-ring (bicyclic) bond motifs is 1. The van der Waals surface area contributed by atoms with Gasteiger partial charge in [0.2, 0.25) is 17.7 Å². The molecule has 2 heterocycles. The number of hydrogen-bond donors (Lipinski definition) is 3. The Morgan fingerprint density at radius 3 is 2.54 bits per heavy atom. The number of nitrogens with one attached hydrogen (secondary N) is 3. The Morgan fingerprint density at radius 1 is 1.08 bits per heavy atom. The first-order valence-electron chi connectivity index (χ1n) is 12.3. The van der Waals surface area contributed by atoms with Crippen molar-refractivity contribution < 1.29 is 28.7 Å². The van der Waals surface area contributed by atoms with Crippen molar-refractivity contribution in [2.45, 2.75) is 64.4 Å². The molecule has 2 aromatic rings. The Hall–Kier alpha value is -4.21. The maximum Gasteiger partial charge on any atom is 0.408 e. The van der Waals surface area contributed by atoms with E-state index in [9.17, 15) is 24.0 Å². The van der Waals surface area contributed by atoms with E-state index in [0.29, 0.717) is 18.4 Å². The minimum atomic E-state index is -0.840. The topological polar surface area (TPSA) is 134 Å². The normalized spacial score (nSPS) is 17.8. The predicted octanol–water partition coefficient (Wildman–Crippen LogP) is 1.81. The lowest BCUT2D eigenvalue weighted by Crippen LogP contribution is -2.52. The van der Waals surface area contributed by atoms with Gasteiger partial charge in [-0.2, -0.15) is 0 Å². The number of piperidine rings is 1. The van der Waals surface area contributed by atoms with E-state index in [1.54, 1.807) is 26.0 Å². The lowest BCUT2D eigenvalue weighted by atomic mass is 10.0. The highest BCUT2D eigenvalue weighted by atomic mass is 16.6. The highest BCUT2D eigenvalue weighted by Gasteiger charge is 2.39. The summed E-state index contributed by atoms with van der Waals surface area (Å²) < 4.78 is 5.15. The standard InChI is InChI=1S/C27H30N4O6/c1-16(2)37-27(36)29-21(13-17-6-4-3-5-7-17)24(33)28-14-18-8-9-20-19(12-18)15-31(26(20)35)22-10-11-23(32)30-25(22)34/h3-9,12,16,21-22H,10-11,13-15H2,1-2H3,(H,28,33)(H,29,36)(H,30,32,34)/t21-,22?/m1/s1. The number of benzene rings is 2. The summed E-state index contributed by atoms with van der Waals surface area (Å²) in [6.07, 6.45) is -0.219. The second kappa shape index (κ2) is 11.2. The van der Waals surface area contributed by atoms with Crippen LogP contribution in [0.25, 0.3) is 0 Å². The molecule has 0 bridgehead atoms. The molecule has 4 rings (SSSR count). The van der Waals surface area contributed by atoms with Crippen LogP contribution in [0.15, 0.2) is 48.5 Å². The van der Waals surface area contributed by atoms with Gasteiger partial charge < -0.3 is 20.3 Å². The summed E-state index contributed by atoms with van der Waals surface area (Å²) >= 11 is 0. The number of amides is 5. The zero-order valence-electron chi connectivity index (χ0n) is 20.8. The second-order valence-corrected chi connectivity index (χ2v) is 9.45. The summed E-state index contributed by atoms with van der Waals surface area (Å²) in [7, 11) is 0. The summed E-state index contributed by atoms with van der Waals surface area (Å²) in [5.74, 6) is -1.42. The largest absolute Gasteiger partial charge is 0.447 e. The molecule has 2 aliphatic heterocycles. The number of carbonyl (C=O) groups excluding carboxylic acids is 5. The average molecular weight is 507 g/mol. The van der Waals surface area contributed by atoms with Crippen LogP contribution in [0.1, 0.15) is 53.7 Å². The van der Waals surface area contributed by atoms with Crippen LogP contribution in [-0.4, -0.2) is 52.8 Å². The first-order chi connectivity index (χ1) is 17.7. The molecule has 2 aromatic carbocycles. The van der Waals surface area contributed by atoms with Gasteiger partial charge in [-0.05, 0) is 43.0 Å². The van der Waals surface area contributed by atoms with E-state index in [-0.39, 0.29) is 43.3 Å². The van der Waals surface area contributed by atoms with Gasteiger partial charge in [-0.3, -0.25) is 24.5 Å². The fraction of sp³-hybridized carbons (Fsp3) is 0.370. The molecule has 2 aliphatic rings. The Kier molecular flexibility index (Phi) is 7.86. The molecule has 1 saturated heterocycles. The lowest BCUT2D eigenvalue weighted by Gasteiger charge is -2.29. The minimum absolute atomic E-state index is 0.185. The molecule has 5 amide bonds. The van der Waals surface area contributed by atoms with Gasteiger partial charge in [-0.25, -0.2) is 4.79 Å². The van der Waals surface area contributed by atoms with Gasteiger partial charge in [0.25, 0.3) is 5.91 Å². The van der Waals surface area contributed by atoms with Gasteiger partial charge in [0, 0.05) is 31.5 Å². The van der Waals surface area contributed by atoms with Crippen molar-refractivity contribution in [3.8, 4) is 0 Å². The molecule has 0 spiro atoms. The van der Waals surface area contributed by atoms with Crippen LogP contribution in [0.2, 0.25) is 0 Å². The fourth-order valence-corrected chi connectivity index (χ4v) is 4.50. The minimum Gasteiger partial charge on any atom is -0.447 e. The lowest BCUT2D eigenvalue weighted by molar-refractivity contribution is -0.137. The van der Waals surface area contributed by atoms with Crippen molar-refractivity contribution in [1.29, 1.82) is 0 Å². The summed E-state index contributed by atoms with van der Waals surface area (Å²) in [5, 5.41) is 7.79. The Balaban J connectivity index is 1.41. The van der Waals surface area contributed by atoms with Crippen molar-refractivity contribution in [3.63, 3.8) is 0 Å². The van der Waals surface area contributed by atoms with Gasteiger partial charge in [0.15, 0.2) is 0 Å². The van der Waals surface area contributed by atoms with Gasteiger partial charge in [-0.1, -0.05) is 42.5 Å². The fourth-order valence-electron chi connectivity index (χ4n) is 4.50. The van der Waals surface area contributed by atoms with Crippen LogP contribution >= 0.6 is 0 Å². The van der Waals surface area contributed by atoms with E-state index >= 15 is 0 Å². The average Bonchev–Trinajstić information content (AvgIpc) is 3.17. The molecule has 3 N–H and O–H groups in total. The van der Waals surface area contributed by atoms with E-state index in [2.05, 4.69) is 16.0 Å². The number of carbonyl (C=O) groups is 5. The highest BCUT2D eigenvalue weighted by molar-refractivity contribution is 6.05. The third kappa shape index (κ3) is 6.32. The van der Waals surface area contributed by atoms with Gasteiger partial charge in [0.05, 0.1) is 6.10 Å². The molecule has 0 aliphatic carbocycles. The van der Waals surface area contributed by atoms with Crippen LogP contribution in [0, 0.1) is 0 Å². The van der Waals surface area contributed by atoms with E-state index in [4.69, 9.17) is 4.74 Å². The van der Waals surface area contributed by atoms with Gasteiger partial charge in [0.1, 0.15) is 12.1 Å². The van der Waals surface area contributed by atoms with Gasteiger partial charge in [-0.15, -0.1) is 0 Å². The molecular weight excluding hydrogens is 476 g/mol. The molecular formula is C27H30N4O6. The van der Waals surface area contributed by atoms with Crippen LogP contribution in [0.3, 0.4) is 0 Å². The predicted molar refractivity (Wildman–Crippen MR) is 133 cm³/mol. The van der Waals surface area contributed by atoms with E-state index < -0.39 is 24.1 Å². The Bertz CT molecular complexity index is 1210. The highest BCUT2D eigenvalue weighted by Crippen LogP contribution is 2.28. The number of ether oxygens (including phenoxy) is 1. The third-order valence-corrected chi connectivity index (χ3v) is 6.29. The van der Waals surface area contributed by atoms with Gasteiger partial charge >= 0.3 is 6.09 Å². The molecule has 37 heavy (non-hydrogen) atoms. The smallest absolute Gasteiger partial charge is 0.408 e. The quantitative estimate of drug-likeness (QED) is 0.468. The second-order valence-electron chi connectivity index (χ2n) is 9.45. The summed E-state index contributed by atoms with van der Waals surface area (Å²) in [5.41, 5.74) is 2.91. The van der Waals surface area contributed by atoms with Crippen molar-refractivity contribution >= 4 is 29.7 Å². The molecule has 0 aromatic heterocycles. The van der Waals surface area contributed by atoms with Crippen molar-refractivity contribution in [3.05, 3.63) is 70.8 Å². The third-order valence-electron chi connectivity index (χ3n) is 6.29. The molecule has 10 nitrogen and oxygen atoms in total. The molecule has 10 heteroatoms. The SMILES string of the molecule is CC(C)OC(=O)N[C@H](Cc1ccccc1)C(=O)NCc1ccc2c(c1)CN(C1CCC(=O)NC1=O)C2=O. The van der Waals surface area contributed by atoms with Crippen LogP contribution in [0.4, 0.5) is 4.79 Å². The molecule has 1 unspecified atom stereocenters. The molecule has 0 radical (unpaired) electrons. The summed E-state index contributed by atoms with van der Waals surface area (Å²) in [6, 6.07) is 13.1. The number of alkyl carbamates (subject to hydrolysis) is 1. The Morgan fingerprint density at radius 2 is 1.84 bits per heavy atom. The zero-order chi connectivity index (χ0) is 26.5.